The van der Waals surface area contributed by atoms with Gasteiger partial charge in [-0.15, -0.1) is 0 Å². The number of nitrogens with two attached hydrogens (primary N) is 1. The standard InChI is InChI=1S/C12H11NO3/c1-8-7-10(12(15)16-2)4-3-9(8)5-6-11(13)14/h3-4,7H,1-2H3,(H2,13,14). The highest BCUT2D eigenvalue weighted by atomic mass is 16.5. The summed E-state index contributed by atoms with van der Waals surface area (Å²) in [6, 6.07) is 4.89. The van der Waals surface area contributed by atoms with E-state index in [1.807, 2.05) is 0 Å². The number of carbonyl (C=O) groups is 2. The maximum absolute atomic E-state index is 11.2. The van der Waals surface area contributed by atoms with Gasteiger partial charge in [0.15, 0.2) is 0 Å². The van der Waals surface area contributed by atoms with Crippen LogP contribution in [0.15, 0.2) is 18.2 Å². The van der Waals surface area contributed by atoms with Gasteiger partial charge in [0.05, 0.1) is 12.7 Å². The van der Waals surface area contributed by atoms with Crippen LogP contribution in [0.5, 0.6) is 0 Å². The third-order valence-corrected chi connectivity index (χ3v) is 1.97. The molecule has 4 heteroatoms. The molecule has 0 saturated carbocycles. The second-order valence-electron chi connectivity index (χ2n) is 3.14. The molecule has 0 aliphatic carbocycles. The molecule has 0 bridgehead atoms. The number of benzene rings is 1. The third-order valence-electron chi connectivity index (χ3n) is 1.97. The van der Waals surface area contributed by atoms with Crippen LogP contribution >= 0.6 is 0 Å². The molecule has 16 heavy (non-hydrogen) atoms. The van der Waals surface area contributed by atoms with Crippen molar-refractivity contribution in [2.75, 3.05) is 7.11 Å². The van der Waals surface area contributed by atoms with Crippen molar-refractivity contribution in [1.82, 2.24) is 0 Å². The zero-order chi connectivity index (χ0) is 12.1. The smallest absolute Gasteiger partial charge is 0.337 e. The maximum Gasteiger partial charge on any atom is 0.337 e. The Morgan fingerprint density at radius 3 is 2.56 bits per heavy atom. The number of primary amides is 1. The van der Waals surface area contributed by atoms with Crippen LogP contribution in [-0.4, -0.2) is 19.0 Å². The van der Waals surface area contributed by atoms with Crippen molar-refractivity contribution in [2.24, 2.45) is 5.73 Å². The SMILES string of the molecule is COC(=O)c1ccc(C#CC(N)=O)c(C)c1. The van der Waals surface area contributed by atoms with Crippen molar-refractivity contribution in [1.29, 1.82) is 0 Å². The summed E-state index contributed by atoms with van der Waals surface area (Å²) in [5.41, 5.74) is 6.80. The summed E-state index contributed by atoms with van der Waals surface area (Å²) >= 11 is 0. The number of rotatable bonds is 1. The molecule has 0 fully saturated rings. The molecule has 1 aromatic carbocycles. The fourth-order valence-electron chi connectivity index (χ4n) is 1.18. The van der Waals surface area contributed by atoms with Crippen LogP contribution in [0.4, 0.5) is 0 Å². The minimum atomic E-state index is -0.684. The third kappa shape index (κ3) is 2.85. The predicted octanol–water partition coefficient (Wildman–Crippen LogP) is 0.618. The molecule has 82 valence electrons. The molecule has 0 atom stereocenters. The molecule has 1 amide bonds. The van der Waals surface area contributed by atoms with Gasteiger partial charge in [0.1, 0.15) is 0 Å². The van der Waals surface area contributed by atoms with Crippen LogP contribution in [0.25, 0.3) is 0 Å². The average molecular weight is 217 g/mol. The summed E-state index contributed by atoms with van der Waals surface area (Å²) in [4.78, 5) is 21.7. The summed E-state index contributed by atoms with van der Waals surface area (Å²) in [6.07, 6.45) is 0. The summed E-state index contributed by atoms with van der Waals surface area (Å²) in [6.45, 7) is 1.79. The Balaban J connectivity index is 3.06. The molecule has 0 unspecified atom stereocenters. The largest absolute Gasteiger partial charge is 0.465 e. The number of esters is 1. The highest BCUT2D eigenvalue weighted by Gasteiger charge is 2.06. The van der Waals surface area contributed by atoms with Gasteiger partial charge in [0, 0.05) is 5.56 Å². The lowest BCUT2D eigenvalue weighted by atomic mass is 10.1. The molecule has 0 spiro atoms. The Morgan fingerprint density at radius 1 is 1.38 bits per heavy atom. The monoisotopic (exact) mass is 217 g/mol. The first-order valence-electron chi connectivity index (χ1n) is 4.55. The average Bonchev–Trinajstić information content (AvgIpc) is 2.26. The normalized spacial score (nSPS) is 8.88. The van der Waals surface area contributed by atoms with Crippen LogP contribution in [-0.2, 0) is 9.53 Å². The van der Waals surface area contributed by atoms with Crippen LogP contribution in [0.1, 0.15) is 21.5 Å². The topological polar surface area (TPSA) is 69.4 Å². The Bertz CT molecular complexity index is 495. The molecular weight excluding hydrogens is 206 g/mol. The van der Waals surface area contributed by atoms with E-state index in [-0.39, 0.29) is 0 Å². The van der Waals surface area contributed by atoms with E-state index in [4.69, 9.17) is 5.73 Å². The number of amides is 1. The summed E-state index contributed by atoms with van der Waals surface area (Å²) in [5, 5.41) is 0. The maximum atomic E-state index is 11.2. The van der Waals surface area contributed by atoms with E-state index in [0.717, 1.165) is 5.56 Å². The van der Waals surface area contributed by atoms with Crippen LogP contribution in [0.3, 0.4) is 0 Å². The van der Waals surface area contributed by atoms with Crippen molar-refractivity contribution >= 4 is 11.9 Å². The highest BCUT2D eigenvalue weighted by molar-refractivity contribution is 5.93. The molecule has 0 heterocycles. The number of ether oxygens (including phenoxy) is 1. The molecule has 0 aliphatic heterocycles. The number of aryl methyl sites for hydroxylation is 1. The summed E-state index contributed by atoms with van der Waals surface area (Å²) in [5.74, 6) is 3.77. The molecule has 2 N–H and O–H groups in total. The zero-order valence-corrected chi connectivity index (χ0v) is 9.03. The van der Waals surface area contributed by atoms with Crippen LogP contribution < -0.4 is 5.73 Å². The van der Waals surface area contributed by atoms with Gasteiger partial charge in [-0.25, -0.2) is 4.79 Å². The van der Waals surface area contributed by atoms with Gasteiger partial charge in [-0.1, -0.05) is 5.92 Å². The second kappa shape index (κ2) is 4.99. The second-order valence-corrected chi connectivity index (χ2v) is 3.14. The molecule has 0 aliphatic rings. The number of hydrogen-bond acceptors (Lipinski definition) is 3. The Labute approximate surface area is 93.4 Å². The molecule has 0 radical (unpaired) electrons. The molecular formula is C12H11NO3. The van der Waals surface area contributed by atoms with Gasteiger partial charge < -0.3 is 10.5 Å². The van der Waals surface area contributed by atoms with E-state index in [9.17, 15) is 9.59 Å². The highest BCUT2D eigenvalue weighted by Crippen LogP contribution is 2.10. The minimum Gasteiger partial charge on any atom is -0.465 e. The Morgan fingerprint density at radius 2 is 2.06 bits per heavy atom. The van der Waals surface area contributed by atoms with Crippen molar-refractivity contribution in [3.05, 3.63) is 34.9 Å². The fourth-order valence-corrected chi connectivity index (χ4v) is 1.18. The molecule has 1 rings (SSSR count). The van der Waals surface area contributed by atoms with E-state index in [1.165, 1.54) is 7.11 Å². The van der Waals surface area contributed by atoms with Crippen molar-refractivity contribution in [3.8, 4) is 11.8 Å². The quantitative estimate of drug-likeness (QED) is 0.553. The first kappa shape index (κ1) is 11.8. The van der Waals surface area contributed by atoms with Crippen molar-refractivity contribution in [2.45, 2.75) is 6.92 Å². The van der Waals surface area contributed by atoms with E-state index in [1.54, 1.807) is 25.1 Å². The van der Waals surface area contributed by atoms with Crippen molar-refractivity contribution < 1.29 is 14.3 Å². The summed E-state index contributed by atoms with van der Waals surface area (Å²) < 4.78 is 4.58. The minimum absolute atomic E-state index is 0.405. The van der Waals surface area contributed by atoms with E-state index in [0.29, 0.717) is 11.1 Å². The van der Waals surface area contributed by atoms with Gasteiger partial charge in [-0.05, 0) is 36.6 Å². The Kier molecular flexibility index (Phi) is 3.67. The van der Waals surface area contributed by atoms with Gasteiger partial charge in [0.2, 0.25) is 0 Å². The lowest BCUT2D eigenvalue weighted by Gasteiger charge is -2.02. The first-order valence-corrected chi connectivity index (χ1v) is 4.55. The van der Waals surface area contributed by atoms with Gasteiger partial charge in [-0.3, -0.25) is 4.79 Å². The fraction of sp³-hybridized carbons (Fsp3) is 0.167. The summed E-state index contributed by atoms with van der Waals surface area (Å²) in [7, 11) is 1.32. The van der Waals surface area contributed by atoms with Gasteiger partial charge in [0.25, 0.3) is 5.91 Å². The zero-order valence-electron chi connectivity index (χ0n) is 9.03. The van der Waals surface area contributed by atoms with E-state index < -0.39 is 11.9 Å². The number of carbonyl (C=O) groups excluding carboxylic acids is 2. The molecule has 4 nitrogen and oxygen atoms in total. The molecule has 1 aromatic rings. The van der Waals surface area contributed by atoms with Gasteiger partial charge >= 0.3 is 5.97 Å². The van der Waals surface area contributed by atoms with Crippen LogP contribution in [0, 0.1) is 18.8 Å². The lowest BCUT2D eigenvalue weighted by molar-refractivity contribution is -0.112. The number of methoxy groups -OCH3 is 1. The molecule has 0 aromatic heterocycles. The van der Waals surface area contributed by atoms with E-state index >= 15 is 0 Å². The van der Waals surface area contributed by atoms with Crippen LogP contribution in [0.2, 0.25) is 0 Å². The lowest BCUT2D eigenvalue weighted by Crippen LogP contribution is -2.06. The Hall–Kier alpha value is -2.28. The van der Waals surface area contributed by atoms with Gasteiger partial charge in [-0.2, -0.15) is 0 Å². The predicted molar refractivity (Wildman–Crippen MR) is 58.6 cm³/mol. The number of hydrogen-bond donors (Lipinski definition) is 1. The van der Waals surface area contributed by atoms with Crippen molar-refractivity contribution in [3.63, 3.8) is 0 Å². The first-order chi connectivity index (χ1) is 7.54. The van der Waals surface area contributed by atoms with E-state index in [2.05, 4.69) is 16.6 Å². The molecule has 0 saturated heterocycles.